The van der Waals surface area contributed by atoms with Crippen LogP contribution in [-0.2, 0) is 0 Å². The lowest BCUT2D eigenvalue weighted by Crippen LogP contribution is -2.22. The average molecular weight is 301 g/mol. The Balaban J connectivity index is 2.84. The molecule has 0 saturated heterocycles. The van der Waals surface area contributed by atoms with Gasteiger partial charge in [0, 0.05) is 12.1 Å². The van der Waals surface area contributed by atoms with Gasteiger partial charge in [0.05, 0.1) is 0 Å². The highest BCUT2D eigenvalue weighted by atomic mass is 19.4. The summed E-state index contributed by atoms with van der Waals surface area (Å²) in [5.41, 5.74) is 1.48. The Morgan fingerprint density at radius 1 is 1.29 bits per heavy atom. The molecule has 5 heteroatoms. The molecule has 1 rings (SSSR count). The summed E-state index contributed by atoms with van der Waals surface area (Å²) in [5.74, 6) is 0.365. The van der Waals surface area contributed by atoms with Crippen molar-refractivity contribution in [1.29, 1.82) is 0 Å². The molecule has 0 aliphatic carbocycles. The lowest BCUT2D eigenvalue weighted by molar-refractivity contribution is -0.274. The van der Waals surface area contributed by atoms with Gasteiger partial charge in [-0.05, 0) is 24.9 Å². The standard InChI is InChI=1S/C16H22F3NO/c1-4-13(11-20-10-12(2)3)9-14-7-5-6-8-15(14)21-16(17,18)19/h5-9,12,20H,4,10-11H2,1-3H3. The largest absolute Gasteiger partial charge is 0.573 e. The fourth-order valence-corrected chi connectivity index (χ4v) is 1.84. The molecule has 1 aromatic rings. The Bertz CT molecular complexity index is 467. The van der Waals surface area contributed by atoms with Crippen molar-refractivity contribution in [1.82, 2.24) is 5.32 Å². The summed E-state index contributed by atoms with van der Waals surface area (Å²) in [5, 5.41) is 3.29. The third-order valence-electron chi connectivity index (χ3n) is 2.86. The smallest absolute Gasteiger partial charge is 0.405 e. The molecule has 0 amide bonds. The van der Waals surface area contributed by atoms with Gasteiger partial charge in [0.25, 0.3) is 0 Å². The molecule has 21 heavy (non-hydrogen) atoms. The molecule has 118 valence electrons. The van der Waals surface area contributed by atoms with E-state index in [0.29, 0.717) is 18.0 Å². The van der Waals surface area contributed by atoms with Gasteiger partial charge in [0.1, 0.15) is 5.75 Å². The summed E-state index contributed by atoms with van der Waals surface area (Å²) in [4.78, 5) is 0. The number of rotatable bonds is 7. The van der Waals surface area contributed by atoms with E-state index in [1.807, 2.05) is 6.92 Å². The van der Waals surface area contributed by atoms with Gasteiger partial charge in [-0.25, -0.2) is 0 Å². The maximum atomic E-state index is 12.4. The van der Waals surface area contributed by atoms with E-state index in [2.05, 4.69) is 23.9 Å². The number of alkyl halides is 3. The van der Waals surface area contributed by atoms with Crippen molar-refractivity contribution < 1.29 is 17.9 Å². The van der Waals surface area contributed by atoms with Crippen LogP contribution in [0.2, 0.25) is 0 Å². The SMILES string of the molecule is CCC(=Cc1ccccc1OC(F)(F)F)CNCC(C)C. The maximum Gasteiger partial charge on any atom is 0.573 e. The van der Waals surface area contributed by atoms with Crippen molar-refractivity contribution in [2.45, 2.75) is 33.6 Å². The second kappa shape index (κ2) is 8.08. The fraction of sp³-hybridized carbons (Fsp3) is 0.500. The molecule has 0 fully saturated rings. The second-order valence-electron chi connectivity index (χ2n) is 5.27. The number of hydrogen-bond acceptors (Lipinski definition) is 2. The summed E-state index contributed by atoms with van der Waals surface area (Å²) in [7, 11) is 0. The highest BCUT2D eigenvalue weighted by Crippen LogP contribution is 2.28. The van der Waals surface area contributed by atoms with E-state index in [0.717, 1.165) is 18.5 Å². The predicted molar refractivity (Wildman–Crippen MR) is 79.1 cm³/mol. The van der Waals surface area contributed by atoms with Crippen molar-refractivity contribution in [3.63, 3.8) is 0 Å². The highest BCUT2D eigenvalue weighted by Gasteiger charge is 2.31. The first-order valence-electron chi connectivity index (χ1n) is 7.06. The van der Waals surface area contributed by atoms with Crippen molar-refractivity contribution in [3.8, 4) is 5.75 Å². The summed E-state index contributed by atoms with van der Waals surface area (Å²) in [6.07, 6.45) is -2.15. The minimum atomic E-state index is -4.67. The molecule has 0 bridgehead atoms. The van der Waals surface area contributed by atoms with E-state index in [1.54, 1.807) is 18.2 Å². The van der Waals surface area contributed by atoms with Crippen LogP contribution in [0.3, 0.4) is 0 Å². The Morgan fingerprint density at radius 3 is 2.52 bits per heavy atom. The van der Waals surface area contributed by atoms with Crippen LogP contribution in [0, 0.1) is 5.92 Å². The topological polar surface area (TPSA) is 21.3 Å². The van der Waals surface area contributed by atoms with Crippen molar-refractivity contribution in [3.05, 3.63) is 35.4 Å². The van der Waals surface area contributed by atoms with Gasteiger partial charge in [-0.3, -0.25) is 0 Å². The van der Waals surface area contributed by atoms with Crippen molar-refractivity contribution >= 4 is 6.08 Å². The molecular formula is C16H22F3NO. The first kappa shape index (κ1) is 17.6. The predicted octanol–water partition coefficient (Wildman–Crippen LogP) is 4.62. The van der Waals surface area contributed by atoms with E-state index in [4.69, 9.17) is 0 Å². The lowest BCUT2D eigenvalue weighted by atomic mass is 10.1. The number of para-hydroxylation sites is 1. The number of hydrogen-bond donors (Lipinski definition) is 1. The minimum Gasteiger partial charge on any atom is -0.405 e. The first-order valence-corrected chi connectivity index (χ1v) is 7.06. The van der Waals surface area contributed by atoms with Crippen molar-refractivity contribution in [2.24, 2.45) is 5.92 Å². The molecule has 0 aliphatic rings. The normalized spacial score (nSPS) is 12.8. The maximum absolute atomic E-state index is 12.4. The van der Waals surface area contributed by atoms with Gasteiger partial charge >= 0.3 is 6.36 Å². The highest BCUT2D eigenvalue weighted by molar-refractivity contribution is 5.60. The van der Waals surface area contributed by atoms with Gasteiger partial charge in [0.2, 0.25) is 0 Å². The second-order valence-corrected chi connectivity index (χ2v) is 5.27. The fourth-order valence-electron chi connectivity index (χ4n) is 1.84. The third kappa shape index (κ3) is 7.18. The molecule has 1 aromatic carbocycles. The van der Waals surface area contributed by atoms with Crippen LogP contribution in [0.5, 0.6) is 5.75 Å². The number of nitrogens with one attached hydrogen (secondary N) is 1. The molecule has 0 atom stereocenters. The molecule has 0 aliphatic heterocycles. The molecule has 0 heterocycles. The number of halogens is 3. The van der Waals surface area contributed by atoms with E-state index in [-0.39, 0.29) is 5.75 Å². The quantitative estimate of drug-likeness (QED) is 0.793. The molecule has 0 radical (unpaired) electrons. The zero-order valence-corrected chi connectivity index (χ0v) is 12.6. The van der Waals surface area contributed by atoms with Crippen LogP contribution in [0.15, 0.2) is 29.8 Å². The molecule has 0 saturated carbocycles. The first-order chi connectivity index (χ1) is 9.81. The Hall–Kier alpha value is -1.49. The Kier molecular flexibility index (Phi) is 6.75. The molecular weight excluding hydrogens is 279 g/mol. The van der Waals surface area contributed by atoms with Gasteiger partial charge in [-0.15, -0.1) is 13.2 Å². The zero-order chi connectivity index (χ0) is 15.9. The zero-order valence-electron chi connectivity index (χ0n) is 12.6. The van der Waals surface area contributed by atoms with Crippen molar-refractivity contribution in [2.75, 3.05) is 13.1 Å². The summed E-state index contributed by atoms with van der Waals surface area (Å²) >= 11 is 0. The lowest BCUT2D eigenvalue weighted by Gasteiger charge is -2.13. The van der Waals surface area contributed by atoms with Crippen LogP contribution in [-0.4, -0.2) is 19.5 Å². The monoisotopic (exact) mass is 301 g/mol. The van der Waals surface area contributed by atoms with E-state index in [9.17, 15) is 13.2 Å². The summed E-state index contributed by atoms with van der Waals surface area (Å²) in [6, 6.07) is 6.18. The Labute approximate surface area is 124 Å². The summed E-state index contributed by atoms with van der Waals surface area (Å²) in [6.45, 7) is 7.73. The van der Waals surface area contributed by atoms with Gasteiger partial charge < -0.3 is 10.1 Å². The average Bonchev–Trinajstić information content (AvgIpc) is 2.37. The van der Waals surface area contributed by atoms with Crippen LogP contribution in [0.4, 0.5) is 13.2 Å². The van der Waals surface area contributed by atoms with Crippen LogP contribution in [0.25, 0.3) is 6.08 Å². The Morgan fingerprint density at radius 2 is 1.95 bits per heavy atom. The number of ether oxygens (including phenoxy) is 1. The molecule has 1 N–H and O–H groups in total. The van der Waals surface area contributed by atoms with Crippen LogP contribution < -0.4 is 10.1 Å². The van der Waals surface area contributed by atoms with Crippen LogP contribution >= 0.6 is 0 Å². The number of benzene rings is 1. The molecule has 2 nitrogen and oxygen atoms in total. The van der Waals surface area contributed by atoms with E-state index < -0.39 is 6.36 Å². The molecule has 0 spiro atoms. The third-order valence-corrected chi connectivity index (χ3v) is 2.86. The minimum absolute atomic E-state index is 0.167. The van der Waals surface area contributed by atoms with E-state index >= 15 is 0 Å². The molecule has 0 aromatic heterocycles. The van der Waals surface area contributed by atoms with Gasteiger partial charge in [-0.2, -0.15) is 0 Å². The van der Waals surface area contributed by atoms with Gasteiger partial charge in [-0.1, -0.05) is 50.6 Å². The molecule has 0 unspecified atom stereocenters. The van der Waals surface area contributed by atoms with Gasteiger partial charge in [0.15, 0.2) is 0 Å². The van der Waals surface area contributed by atoms with Crippen LogP contribution in [0.1, 0.15) is 32.8 Å². The van der Waals surface area contributed by atoms with E-state index in [1.165, 1.54) is 12.1 Å². The summed E-state index contributed by atoms with van der Waals surface area (Å²) < 4.78 is 41.2.